The van der Waals surface area contributed by atoms with Crippen LogP contribution in [0.3, 0.4) is 0 Å². The number of nitrogens with one attached hydrogen (secondary N) is 1. The first-order valence-electron chi connectivity index (χ1n) is 8.47. The highest BCUT2D eigenvalue weighted by Gasteiger charge is 2.35. The van der Waals surface area contributed by atoms with Gasteiger partial charge in [-0.1, -0.05) is 6.92 Å². The Morgan fingerprint density at radius 2 is 1.89 bits per heavy atom. The van der Waals surface area contributed by atoms with Crippen molar-refractivity contribution in [1.82, 2.24) is 15.1 Å². The molecule has 2 bridgehead atoms. The zero-order chi connectivity index (χ0) is 13.2. The van der Waals surface area contributed by atoms with Crippen LogP contribution in [0.2, 0.25) is 0 Å². The molecular weight excluding hydrogens is 234 g/mol. The average Bonchev–Trinajstić information content (AvgIpc) is 2.48. The van der Waals surface area contributed by atoms with Crippen LogP contribution < -0.4 is 5.32 Å². The first-order valence-corrected chi connectivity index (χ1v) is 8.47. The van der Waals surface area contributed by atoms with Crippen LogP contribution in [0.5, 0.6) is 0 Å². The van der Waals surface area contributed by atoms with Gasteiger partial charge >= 0.3 is 0 Å². The fraction of sp³-hybridized carbons (Fsp3) is 1.00. The Morgan fingerprint density at radius 3 is 2.53 bits per heavy atom. The van der Waals surface area contributed by atoms with Crippen LogP contribution in [0.25, 0.3) is 0 Å². The van der Waals surface area contributed by atoms with Gasteiger partial charge in [0, 0.05) is 25.2 Å². The Balaban J connectivity index is 1.51. The molecule has 0 aromatic carbocycles. The predicted molar refractivity (Wildman–Crippen MR) is 80.4 cm³/mol. The second-order valence-corrected chi connectivity index (χ2v) is 7.00. The molecule has 0 amide bonds. The molecular formula is C16H31N3. The fourth-order valence-electron chi connectivity index (χ4n) is 4.41. The number of rotatable bonds is 4. The molecule has 4 aliphatic heterocycles. The minimum absolute atomic E-state index is 0.694. The lowest BCUT2D eigenvalue weighted by Crippen LogP contribution is -2.59. The maximum Gasteiger partial charge on any atom is 0.0226 e. The largest absolute Gasteiger partial charge is 0.310 e. The zero-order valence-electron chi connectivity index (χ0n) is 12.8. The van der Waals surface area contributed by atoms with E-state index in [2.05, 4.69) is 29.0 Å². The van der Waals surface area contributed by atoms with E-state index in [1.807, 2.05) is 0 Å². The number of likely N-dealkylation sites (tertiary alicyclic amines) is 1. The maximum absolute atomic E-state index is 4.00. The van der Waals surface area contributed by atoms with Gasteiger partial charge in [0.2, 0.25) is 0 Å². The van der Waals surface area contributed by atoms with E-state index in [0.29, 0.717) is 6.04 Å². The lowest BCUT2D eigenvalue weighted by molar-refractivity contribution is 0.0576. The van der Waals surface area contributed by atoms with Gasteiger partial charge in [0.05, 0.1) is 0 Å². The summed E-state index contributed by atoms with van der Waals surface area (Å²) in [5.41, 5.74) is 0. The summed E-state index contributed by atoms with van der Waals surface area (Å²) < 4.78 is 0. The van der Waals surface area contributed by atoms with Crippen molar-refractivity contribution in [3.8, 4) is 0 Å². The molecule has 110 valence electrons. The summed E-state index contributed by atoms with van der Waals surface area (Å²) in [6, 6.07) is 1.47. The molecule has 3 unspecified atom stereocenters. The molecule has 0 aromatic rings. The van der Waals surface area contributed by atoms with Crippen molar-refractivity contribution in [1.29, 1.82) is 0 Å². The van der Waals surface area contributed by atoms with Crippen LogP contribution in [0.1, 0.15) is 39.5 Å². The van der Waals surface area contributed by atoms with E-state index in [1.165, 1.54) is 65.0 Å². The van der Waals surface area contributed by atoms with Gasteiger partial charge in [-0.3, -0.25) is 0 Å². The summed E-state index contributed by atoms with van der Waals surface area (Å²) in [5, 5.41) is 4.00. The molecule has 0 saturated carbocycles. The van der Waals surface area contributed by atoms with E-state index in [4.69, 9.17) is 0 Å². The molecule has 0 spiro atoms. The molecule has 4 saturated heterocycles. The van der Waals surface area contributed by atoms with Gasteiger partial charge in [0.15, 0.2) is 0 Å². The second-order valence-electron chi connectivity index (χ2n) is 7.00. The monoisotopic (exact) mass is 265 g/mol. The van der Waals surface area contributed by atoms with Crippen molar-refractivity contribution in [3.05, 3.63) is 0 Å². The van der Waals surface area contributed by atoms with Crippen molar-refractivity contribution in [2.45, 2.75) is 51.6 Å². The van der Waals surface area contributed by atoms with Crippen LogP contribution in [0, 0.1) is 11.8 Å². The molecule has 4 heterocycles. The third kappa shape index (κ3) is 3.14. The summed E-state index contributed by atoms with van der Waals surface area (Å²) in [7, 11) is 0. The fourth-order valence-corrected chi connectivity index (χ4v) is 4.41. The molecule has 3 atom stereocenters. The van der Waals surface area contributed by atoms with Gasteiger partial charge in [-0.15, -0.1) is 0 Å². The van der Waals surface area contributed by atoms with E-state index in [1.54, 1.807) is 0 Å². The number of nitrogens with zero attached hydrogens (tertiary/aromatic N) is 2. The van der Waals surface area contributed by atoms with Gasteiger partial charge in [-0.25, -0.2) is 0 Å². The third-order valence-corrected chi connectivity index (χ3v) is 5.83. The van der Waals surface area contributed by atoms with Crippen molar-refractivity contribution in [2.24, 2.45) is 11.8 Å². The standard InChI is InChI=1S/C16H31N3/c1-3-18-8-4-5-15(11-18)13(2)17-16-12-19-9-6-14(16)7-10-19/h13-17H,3-12H2,1-2H3. The Hall–Kier alpha value is -0.120. The average molecular weight is 265 g/mol. The van der Waals surface area contributed by atoms with Crippen LogP contribution in [-0.4, -0.2) is 61.2 Å². The van der Waals surface area contributed by atoms with Crippen LogP contribution in [-0.2, 0) is 0 Å². The SMILES string of the molecule is CCN1CCCC(C(C)NC2CN3CCC2CC3)C1. The van der Waals surface area contributed by atoms with Crippen LogP contribution >= 0.6 is 0 Å². The number of hydrogen-bond acceptors (Lipinski definition) is 3. The lowest BCUT2D eigenvalue weighted by atomic mass is 9.82. The molecule has 3 nitrogen and oxygen atoms in total. The topological polar surface area (TPSA) is 18.5 Å². The number of fused-ring (bicyclic) bond motifs is 3. The molecule has 0 radical (unpaired) electrons. The van der Waals surface area contributed by atoms with Crippen molar-refractivity contribution < 1.29 is 0 Å². The number of hydrogen-bond donors (Lipinski definition) is 1. The molecule has 0 aliphatic carbocycles. The summed E-state index contributed by atoms with van der Waals surface area (Å²) >= 11 is 0. The lowest BCUT2D eigenvalue weighted by Gasteiger charge is -2.47. The Bertz CT molecular complexity index is 286. The second kappa shape index (κ2) is 6.11. The first kappa shape index (κ1) is 13.8. The van der Waals surface area contributed by atoms with E-state index in [0.717, 1.165) is 17.9 Å². The van der Waals surface area contributed by atoms with Crippen molar-refractivity contribution >= 4 is 0 Å². The summed E-state index contributed by atoms with van der Waals surface area (Å²) in [5.74, 6) is 1.82. The Labute approximate surface area is 118 Å². The zero-order valence-corrected chi connectivity index (χ0v) is 12.8. The van der Waals surface area contributed by atoms with Crippen LogP contribution in [0.15, 0.2) is 0 Å². The van der Waals surface area contributed by atoms with Gasteiger partial charge in [0.1, 0.15) is 0 Å². The third-order valence-electron chi connectivity index (χ3n) is 5.83. The minimum Gasteiger partial charge on any atom is -0.310 e. The molecule has 19 heavy (non-hydrogen) atoms. The molecule has 3 heteroatoms. The summed E-state index contributed by atoms with van der Waals surface area (Å²) in [6.45, 7) is 12.6. The summed E-state index contributed by atoms with van der Waals surface area (Å²) in [4.78, 5) is 5.28. The van der Waals surface area contributed by atoms with Gasteiger partial charge in [-0.05, 0) is 70.6 Å². The predicted octanol–water partition coefficient (Wildman–Crippen LogP) is 1.79. The highest BCUT2D eigenvalue weighted by atomic mass is 15.2. The molecule has 4 aliphatic rings. The van der Waals surface area contributed by atoms with Crippen LogP contribution in [0.4, 0.5) is 0 Å². The van der Waals surface area contributed by atoms with Gasteiger partial charge in [-0.2, -0.15) is 0 Å². The first-order chi connectivity index (χ1) is 9.26. The highest BCUT2D eigenvalue weighted by molar-refractivity contribution is 4.93. The smallest absolute Gasteiger partial charge is 0.0226 e. The van der Waals surface area contributed by atoms with Gasteiger partial charge < -0.3 is 15.1 Å². The molecule has 0 aromatic heterocycles. The maximum atomic E-state index is 4.00. The summed E-state index contributed by atoms with van der Waals surface area (Å²) in [6.07, 6.45) is 5.67. The Morgan fingerprint density at radius 1 is 1.11 bits per heavy atom. The molecule has 4 fully saturated rings. The quantitative estimate of drug-likeness (QED) is 0.836. The van der Waals surface area contributed by atoms with Gasteiger partial charge in [0.25, 0.3) is 0 Å². The van der Waals surface area contributed by atoms with Crippen molar-refractivity contribution in [3.63, 3.8) is 0 Å². The molecule has 4 rings (SSSR count). The van der Waals surface area contributed by atoms with E-state index in [-0.39, 0.29) is 0 Å². The van der Waals surface area contributed by atoms with E-state index < -0.39 is 0 Å². The molecule has 1 N–H and O–H groups in total. The van der Waals surface area contributed by atoms with E-state index in [9.17, 15) is 0 Å². The normalized spacial score (nSPS) is 41.4. The minimum atomic E-state index is 0.694. The van der Waals surface area contributed by atoms with E-state index >= 15 is 0 Å². The Kier molecular flexibility index (Phi) is 4.45. The highest BCUT2D eigenvalue weighted by Crippen LogP contribution is 2.29. The van der Waals surface area contributed by atoms with Crippen molar-refractivity contribution in [2.75, 3.05) is 39.3 Å². The number of piperidine rings is 4.